The van der Waals surface area contributed by atoms with Gasteiger partial charge in [0.25, 0.3) is 0 Å². The minimum Gasteiger partial charge on any atom is -0.464 e. The summed E-state index contributed by atoms with van der Waals surface area (Å²) in [4.78, 5) is 9.20. The van der Waals surface area contributed by atoms with Gasteiger partial charge in [-0.2, -0.15) is 5.10 Å². The smallest absolute Gasteiger partial charge is 0.134 e. The van der Waals surface area contributed by atoms with Crippen molar-refractivity contribution in [1.82, 2.24) is 19.7 Å². The van der Waals surface area contributed by atoms with Crippen LogP contribution >= 0.6 is 0 Å². The number of nitrogens with zero attached hydrogens (tertiary/aromatic N) is 4. The normalized spacial score (nSPS) is 12.4. The van der Waals surface area contributed by atoms with Gasteiger partial charge in [-0.05, 0) is 55.3 Å². The molecule has 33 heavy (non-hydrogen) atoms. The van der Waals surface area contributed by atoms with Crippen LogP contribution in [0.1, 0.15) is 35.4 Å². The van der Waals surface area contributed by atoms with E-state index in [1.54, 1.807) is 29.4 Å². The third kappa shape index (κ3) is 3.65. The molecule has 0 radical (unpaired) electrons. The Balaban J connectivity index is 1.66. The molecule has 0 aliphatic heterocycles. The summed E-state index contributed by atoms with van der Waals surface area (Å²) in [6, 6.07) is 11.1. The largest absolute Gasteiger partial charge is 0.464 e. The molecule has 0 amide bonds. The predicted molar refractivity (Wildman–Crippen MR) is 127 cm³/mol. The van der Waals surface area contributed by atoms with Gasteiger partial charge in [0.15, 0.2) is 0 Å². The van der Waals surface area contributed by atoms with E-state index < -0.39 is 0 Å². The lowest BCUT2D eigenvalue weighted by molar-refractivity contribution is 0.613. The van der Waals surface area contributed by atoms with E-state index in [2.05, 4.69) is 16.1 Å². The van der Waals surface area contributed by atoms with Crippen LogP contribution < -0.4 is 5.73 Å². The molecule has 7 heteroatoms. The fourth-order valence-corrected chi connectivity index (χ4v) is 4.31. The Labute approximate surface area is 190 Å². The molecule has 0 spiro atoms. The molecule has 5 rings (SSSR count). The molecule has 0 saturated carbocycles. The van der Waals surface area contributed by atoms with Crippen LogP contribution in [0.3, 0.4) is 0 Å². The van der Waals surface area contributed by atoms with Crippen molar-refractivity contribution in [3.63, 3.8) is 0 Å². The number of furan rings is 1. The van der Waals surface area contributed by atoms with Crippen LogP contribution in [-0.2, 0) is 7.05 Å². The third-order valence-corrected chi connectivity index (χ3v) is 6.07. The zero-order chi connectivity index (χ0) is 23.3. The van der Waals surface area contributed by atoms with Gasteiger partial charge in [0.05, 0.1) is 18.2 Å². The third-order valence-electron chi connectivity index (χ3n) is 6.07. The van der Waals surface area contributed by atoms with Gasteiger partial charge >= 0.3 is 0 Å². The lowest BCUT2D eigenvalue weighted by atomic mass is 9.88. The summed E-state index contributed by atoms with van der Waals surface area (Å²) >= 11 is 0. The van der Waals surface area contributed by atoms with Crippen molar-refractivity contribution in [2.75, 3.05) is 5.73 Å². The molecule has 6 nitrogen and oxygen atoms in total. The Bertz CT molecular complexity index is 1500. The van der Waals surface area contributed by atoms with E-state index in [-0.39, 0.29) is 11.7 Å². The Morgan fingerprint density at radius 1 is 1.06 bits per heavy atom. The van der Waals surface area contributed by atoms with Crippen LogP contribution in [-0.4, -0.2) is 19.7 Å². The van der Waals surface area contributed by atoms with Gasteiger partial charge < -0.3 is 10.2 Å². The topological polar surface area (TPSA) is 82.8 Å². The highest BCUT2D eigenvalue weighted by molar-refractivity contribution is 5.86. The summed E-state index contributed by atoms with van der Waals surface area (Å²) in [7, 11) is 1.81. The molecule has 5 aromatic rings. The number of aryl methyl sites for hydroxylation is 3. The Morgan fingerprint density at radius 3 is 2.64 bits per heavy atom. The van der Waals surface area contributed by atoms with Crippen molar-refractivity contribution >= 4 is 16.8 Å². The number of hydrogen-bond donors (Lipinski definition) is 1. The van der Waals surface area contributed by atoms with E-state index in [0.717, 1.165) is 44.5 Å². The molecule has 0 bridgehead atoms. The average molecular weight is 442 g/mol. The van der Waals surface area contributed by atoms with Gasteiger partial charge in [-0.3, -0.25) is 4.68 Å². The van der Waals surface area contributed by atoms with Gasteiger partial charge in [0.1, 0.15) is 23.0 Å². The van der Waals surface area contributed by atoms with E-state index in [9.17, 15) is 4.39 Å². The van der Waals surface area contributed by atoms with Crippen molar-refractivity contribution in [2.45, 2.75) is 26.7 Å². The van der Waals surface area contributed by atoms with Gasteiger partial charge in [-0.15, -0.1) is 0 Å². The monoisotopic (exact) mass is 441 g/mol. The summed E-state index contributed by atoms with van der Waals surface area (Å²) < 4.78 is 21.9. The Morgan fingerprint density at radius 2 is 1.88 bits per heavy atom. The molecular weight excluding hydrogens is 417 g/mol. The summed E-state index contributed by atoms with van der Waals surface area (Å²) in [5.74, 6) is 0.546. The first-order valence-corrected chi connectivity index (χ1v) is 10.7. The maximum atomic E-state index is 14.7. The van der Waals surface area contributed by atoms with Gasteiger partial charge in [-0.1, -0.05) is 13.0 Å². The Hall–Kier alpha value is -4.00. The quantitative estimate of drug-likeness (QED) is 0.382. The second-order valence-corrected chi connectivity index (χ2v) is 8.41. The van der Waals surface area contributed by atoms with Crippen molar-refractivity contribution in [3.8, 4) is 22.4 Å². The van der Waals surface area contributed by atoms with E-state index in [1.807, 2.05) is 46.0 Å². The van der Waals surface area contributed by atoms with Crippen molar-refractivity contribution < 1.29 is 8.81 Å². The summed E-state index contributed by atoms with van der Waals surface area (Å²) in [5, 5.41) is 5.20. The number of nitrogen functional groups attached to an aromatic ring is 1. The van der Waals surface area contributed by atoms with Crippen LogP contribution in [0, 0.1) is 19.7 Å². The van der Waals surface area contributed by atoms with Gasteiger partial charge in [-0.25, -0.2) is 14.4 Å². The molecule has 2 N–H and O–H groups in total. The van der Waals surface area contributed by atoms with E-state index >= 15 is 0 Å². The molecule has 0 aliphatic rings. The van der Waals surface area contributed by atoms with Crippen LogP contribution in [0.4, 0.5) is 10.2 Å². The molecule has 2 aromatic carbocycles. The fourth-order valence-electron chi connectivity index (χ4n) is 4.31. The second-order valence-electron chi connectivity index (χ2n) is 8.41. The van der Waals surface area contributed by atoms with Crippen LogP contribution in [0.15, 0.2) is 59.5 Å². The molecule has 0 aliphatic carbocycles. The molecule has 1 atom stereocenters. The lowest BCUT2D eigenvalue weighted by Crippen LogP contribution is -2.09. The fraction of sp³-hybridized carbons (Fsp3) is 0.192. The van der Waals surface area contributed by atoms with Gasteiger partial charge in [0.2, 0.25) is 0 Å². The van der Waals surface area contributed by atoms with Crippen LogP contribution in [0.25, 0.3) is 33.4 Å². The highest BCUT2D eigenvalue weighted by Crippen LogP contribution is 2.38. The highest BCUT2D eigenvalue weighted by atomic mass is 19.1. The minimum absolute atomic E-state index is 0.169. The van der Waals surface area contributed by atoms with E-state index in [1.165, 1.54) is 6.07 Å². The number of benzene rings is 2. The summed E-state index contributed by atoms with van der Waals surface area (Å²) in [6.07, 6.45) is 5.20. The number of nitrogens with two attached hydrogens (primary N) is 1. The number of rotatable bonds is 4. The predicted octanol–water partition coefficient (Wildman–Crippen LogP) is 5.78. The number of halogens is 1. The van der Waals surface area contributed by atoms with Crippen LogP contribution in [0.5, 0.6) is 0 Å². The number of fused-ring (bicyclic) bond motifs is 1. The standard InChI is InChI=1S/C26H24FN5O/c1-14-13-33-23-8-6-18(10-20(14)23)25-24(26(28)31-16(3)30-25)15(2)17-5-7-22(27)21(9-17)19-11-29-32(4)12-19/h5-13,15H,1-4H3,(H2,28,30,31). The van der Waals surface area contributed by atoms with Gasteiger partial charge in [0, 0.05) is 46.8 Å². The summed E-state index contributed by atoms with van der Waals surface area (Å²) in [6.45, 7) is 5.88. The number of hydrogen-bond acceptors (Lipinski definition) is 5. The minimum atomic E-state index is -0.298. The lowest BCUT2D eigenvalue weighted by Gasteiger charge is -2.19. The Kier molecular flexibility index (Phi) is 4.96. The van der Waals surface area contributed by atoms with Crippen molar-refractivity contribution in [1.29, 1.82) is 0 Å². The first-order chi connectivity index (χ1) is 15.8. The number of anilines is 1. The second kappa shape index (κ2) is 7.85. The van der Waals surface area contributed by atoms with Crippen molar-refractivity contribution in [2.24, 2.45) is 7.05 Å². The molecule has 1 unspecified atom stereocenters. The summed E-state index contributed by atoms with van der Waals surface area (Å²) in [5.41, 5.74) is 13.0. The van der Waals surface area contributed by atoms with Crippen LogP contribution in [0.2, 0.25) is 0 Å². The SMILES string of the molecule is Cc1nc(N)c(C(C)c2ccc(F)c(-c3cnn(C)c3)c2)c(-c2ccc3occ(C)c3c2)n1. The van der Waals surface area contributed by atoms with Crippen molar-refractivity contribution in [3.05, 3.63) is 83.4 Å². The van der Waals surface area contributed by atoms with E-state index in [4.69, 9.17) is 15.1 Å². The maximum absolute atomic E-state index is 14.7. The molecular formula is C26H24FN5O. The zero-order valence-corrected chi connectivity index (χ0v) is 18.9. The zero-order valence-electron chi connectivity index (χ0n) is 18.9. The van der Waals surface area contributed by atoms with E-state index in [0.29, 0.717) is 17.2 Å². The first-order valence-electron chi connectivity index (χ1n) is 10.7. The number of aromatic nitrogens is 4. The maximum Gasteiger partial charge on any atom is 0.134 e. The molecule has 0 fully saturated rings. The average Bonchev–Trinajstić information content (AvgIpc) is 3.38. The molecule has 3 aromatic heterocycles. The molecule has 3 heterocycles. The highest BCUT2D eigenvalue weighted by Gasteiger charge is 2.22. The molecule has 0 saturated heterocycles. The first kappa shape index (κ1) is 20.9. The molecule has 166 valence electrons.